The number of fused-ring (bicyclic) bond motifs is 1. The summed E-state index contributed by atoms with van der Waals surface area (Å²) in [4.78, 5) is 21.4. The smallest absolute Gasteiger partial charge is 0.253 e. The summed E-state index contributed by atoms with van der Waals surface area (Å²) in [6.45, 7) is 6.63. The third-order valence-electron chi connectivity index (χ3n) is 4.65. The molecule has 7 heteroatoms. The summed E-state index contributed by atoms with van der Waals surface area (Å²) in [5.74, 6) is 0.550. The predicted octanol–water partition coefficient (Wildman–Crippen LogP) is 4.19. The summed E-state index contributed by atoms with van der Waals surface area (Å²) in [6, 6.07) is 12.0. The van der Waals surface area contributed by atoms with Gasteiger partial charge in [0.2, 0.25) is 0 Å². The van der Waals surface area contributed by atoms with E-state index in [0.29, 0.717) is 31.7 Å². The van der Waals surface area contributed by atoms with Crippen LogP contribution in [0.5, 0.6) is 5.75 Å². The minimum atomic E-state index is -0.247. The lowest BCUT2D eigenvalue weighted by molar-refractivity contribution is 0.0746. The largest absolute Gasteiger partial charge is 0.491 e. The second-order valence-electron chi connectivity index (χ2n) is 7.08. The molecular formula is C21H22FN3O2S. The first-order valence-corrected chi connectivity index (χ1v) is 10.2. The van der Waals surface area contributed by atoms with Crippen molar-refractivity contribution in [2.45, 2.75) is 20.0 Å². The van der Waals surface area contributed by atoms with E-state index >= 15 is 0 Å². The molecule has 0 saturated carbocycles. The van der Waals surface area contributed by atoms with E-state index in [0.717, 1.165) is 21.1 Å². The monoisotopic (exact) mass is 399 g/mol. The number of halogens is 1. The molecule has 1 fully saturated rings. The van der Waals surface area contributed by atoms with Gasteiger partial charge in [-0.2, -0.15) is 0 Å². The van der Waals surface area contributed by atoms with Gasteiger partial charge < -0.3 is 14.5 Å². The van der Waals surface area contributed by atoms with Crippen LogP contribution in [0.15, 0.2) is 42.5 Å². The molecule has 3 aromatic rings. The maximum Gasteiger partial charge on any atom is 0.253 e. The van der Waals surface area contributed by atoms with Gasteiger partial charge in [0.25, 0.3) is 5.91 Å². The summed E-state index contributed by atoms with van der Waals surface area (Å²) in [5.41, 5.74) is 1.48. The number of benzene rings is 2. The molecular weight excluding hydrogens is 377 g/mol. The van der Waals surface area contributed by atoms with Crippen LogP contribution in [0, 0.1) is 5.82 Å². The maximum absolute atomic E-state index is 13.4. The van der Waals surface area contributed by atoms with Crippen molar-refractivity contribution in [1.29, 1.82) is 0 Å². The van der Waals surface area contributed by atoms with Crippen LogP contribution in [-0.4, -0.2) is 48.1 Å². The molecule has 1 aliphatic rings. The van der Waals surface area contributed by atoms with Crippen LogP contribution < -0.4 is 9.64 Å². The van der Waals surface area contributed by atoms with Crippen molar-refractivity contribution in [2.24, 2.45) is 0 Å². The van der Waals surface area contributed by atoms with Crippen molar-refractivity contribution in [1.82, 2.24) is 9.88 Å². The van der Waals surface area contributed by atoms with Gasteiger partial charge in [0.15, 0.2) is 5.13 Å². The third-order valence-corrected chi connectivity index (χ3v) is 5.73. The number of amides is 1. The number of ether oxygens (including phenoxy) is 1. The van der Waals surface area contributed by atoms with E-state index in [1.165, 1.54) is 23.5 Å². The molecule has 5 nitrogen and oxygen atoms in total. The molecule has 2 aromatic carbocycles. The molecule has 2 heterocycles. The van der Waals surface area contributed by atoms with Gasteiger partial charge in [0, 0.05) is 31.7 Å². The van der Waals surface area contributed by atoms with E-state index in [1.807, 2.05) is 43.0 Å². The maximum atomic E-state index is 13.4. The highest BCUT2D eigenvalue weighted by Gasteiger charge is 2.24. The van der Waals surface area contributed by atoms with Crippen LogP contribution >= 0.6 is 11.3 Å². The first kappa shape index (κ1) is 18.7. The minimum absolute atomic E-state index is 0.0297. The Balaban J connectivity index is 1.39. The zero-order chi connectivity index (χ0) is 19.7. The molecule has 1 saturated heterocycles. The summed E-state index contributed by atoms with van der Waals surface area (Å²) in [5, 5.41) is 0.878. The molecule has 4 rings (SSSR count). The molecule has 0 aliphatic carbocycles. The van der Waals surface area contributed by atoms with E-state index in [-0.39, 0.29) is 17.8 Å². The summed E-state index contributed by atoms with van der Waals surface area (Å²) in [7, 11) is 0. The number of piperazine rings is 1. The number of thiazole rings is 1. The lowest BCUT2D eigenvalue weighted by atomic mass is 10.1. The summed E-state index contributed by atoms with van der Waals surface area (Å²) < 4.78 is 19.9. The number of nitrogens with zero attached hydrogens (tertiary/aromatic N) is 3. The van der Waals surface area contributed by atoms with E-state index < -0.39 is 0 Å². The van der Waals surface area contributed by atoms with Crippen molar-refractivity contribution < 1.29 is 13.9 Å². The Labute approximate surface area is 167 Å². The number of hydrogen-bond acceptors (Lipinski definition) is 5. The minimum Gasteiger partial charge on any atom is -0.491 e. The zero-order valence-corrected chi connectivity index (χ0v) is 16.7. The molecule has 0 radical (unpaired) electrons. The Morgan fingerprint density at radius 2 is 1.82 bits per heavy atom. The van der Waals surface area contributed by atoms with Gasteiger partial charge in [-0.1, -0.05) is 11.3 Å². The lowest BCUT2D eigenvalue weighted by Crippen LogP contribution is -2.48. The number of anilines is 1. The van der Waals surface area contributed by atoms with E-state index in [9.17, 15) is 9.18 Å². The van der Waals surface area contributed by atoms with Gasteiger partial charge in [-0.15, -0.1) is 0 Å². The van der Waals surface area contributed by atoms with Gasteiger partial charge >= 0.3 is 0 Å². The fraction of sp³-hybridized carbons (Fsp3) is 0.333. The number of hydrogen-bond donors (Lipinski definition) is 0. The van der Waals surface area contributed by atoms with Crippen LogP contribution in [0.3, 0.4) is 0 Å². The highest BCUT2D eigenvalue weighted by atomic mass is 32.1. The van der Waals surface area contributed by atoms with Crippen molar-refractivity contribution in [3.05, 3.63) is 53.8 Å². The lowest BCUT2D eigenvalue weighted by Gasteiger charge is -2.34. The molecule has 0 bridgehead atoms. The molecule has 0 spiro atoms. The Morgan fingerprint density at radius 3 is 2.50 bits per heavy atom. The number of aromatic nitrogens is 1. The Bertz CT molecular complexity index is 979. The van der Waals surface area contributed by atoms with Gasteiger partial charge in [-0.05, 0) is 56.3 Å². The molecule has 146 valence electrons. The van der Waals surface area contributed by atoms with E-state index in [2.05, 4.69) is 9.88 Å². The number of carbonyl (C=O) groups excluding carboxylic acids is 1. The van der Waals surface area contributed by atoms with Crippen molar-refractivity contribution in [2.75, 3.05) is 31.1 Å². The quantitative estimate of drug-likeness (QED) is 0.660. The number of rotatable bonds is 4. The first-order chi connectivity index (χ1) is 13.5. The summed E-state index contributed by atoms with van der Waals surface area (Å²) in [6.07, 6.45) is 0.105. The van der Waals surface area contributed by atoms with Gasteiger partial charge in [-0.3, -0.25) is 4.79 Å². The second kappa shape index (κ2) is 7.75. The highest BCUT2D eigenvalue weighted by molar-refractivity contribution is 7.22. The average molecular weight is 399 g/mol. The summed E-state index contributed by atoms with van der Waals surface area (Å²) >= 11 is 1.49. The number of carbonyl (C=O) groups is 1. The molecule has 0 atom stereocenters. The van der Waals surface area contributed by atoms with E-state index in [4.69, 9.17) is 4.74 Å². The van der Waals surface area contributed by atoms with Crippen LogP contribution in [0.2, 0.25) is 0 Å². The predicted molar refractivity (Wildman–Crippen MR) is 110 cm³/mol. The Hall–Kier alpha value is -2.67. The molecule has 1 aliphatic heterocycles. The van der Waals surface area contributed by atoms with Crippen LogP contribution in [0.1, 0.15) is 24.2 Å². The van der Waals surface area contributed by atoms with Crippen LogP contribution in [-0.2, 0) is 0 Å². The molecule has 1 aromatic heterocycles. The molecule has 0 N–H and O–H groups in total. The molecule has 0 unspecified atom stereocenters. The van der Waals surface area contributed by atoms with Crippen LogP contribution in [0.25, 0.3) is 10.2 Å². The second-order valence-corrected chi connectivity index (χ2v) is 8.09. The fourth-order valence-electron chi connectivity index (χ4n) is 3.25. The van der Waals surface area contributed by atoms with Gasteiger partial charge in [0.05, 0.1) is 16.3 Å². The standard InChI is InChI=1S/C21H22FN3O2S/c1-14(2)27-17-6-3-15(4-7-17)20(26)24-9-11-25(12-10-24)21-23-18-8-5-16(22)13-19(18)28-21/h3-8,13-14H,9-12H2,1-2H3. The van der Waals surface area contributed by atoms with Crippen molar-refractivity contribution in [3.8, 4) is 5.75 Å². The van der Waals surface area contributed by atoms with Crippen molar-refractivity contribution in [3.63, 3.8) is 0 Å². The molecule has 1 amide bonds. The van der Waals surface area contributed by atoms with E-state index in [1.54, 1.807) is 6.07 Å². The fourth-order valence-corrected chi connectivity index (χ4v) is 4.30. The Morgan fingerprint density at radius 1 is 1.11 bits per heavy atom. The first-order valence-electron chi connectivity index (χ1n) is 9.36. The average Bonchev–Trinajstić information content (AvgIpc) is 3.11. The normalized spacial score (nSPS) is 14.7. The van der Waals surface area contributed by atoms with Gasteiger partial charge in [0.1, 0.15) is 11.6 Å². The highest BCUT2D eigenvalue weighted by Crippen LogP contribution is 2.30. The SMILES string of the molecule is CC(C)Oc1ccc(C(=O)N2CCN(c3nc4ccc(F)cc4s3)CC2)cc1. The van der Waals surface area contributed by atoms with Gasteiger partial charge in [-0.25, -0.2) is 9.37 Å². The topological polar surface area (TPSA) is 45.7 Å². The molecule has 28 heavy (non-hydrogen) atoms. The zero-order valence-electron chi connectivity index (χ0n) is 15.9. The Kier molecular flexibility index (Phi) is 5.17. The van der Waals surface area contributed by atoms with Crippen LogP contribution in [0.4, 0.5) is 9.52 Å². The van der Waals surface area contributed by atoms with Crippen molar-refractivity contribution >= 4 is 32.6 Å². The third kappa shape index (κ3) is 3.94.